The number of nitrogens with one attached hydrogen (secondary N) is 1. The highest BCUT2D eigenvalue weighted by atomic mass is 16.4. The van der Waals surface area contributed by atoms with Crippen LogP contribution in [-0.2, 0) is 9.59 Å². The van der Waals surface area contributed by atoms with E-state index in [1.807, 2.05) is 4.90 Å². The SMILES string of the molecule is CCC1CCC(NC(=O)C2CCCN(C(=O)N3CCCC3)C2)(C(=O)O)CC1. The van der Waals surface area contributed by atoms with Crippen molar-refractivity contribution in [2.75, 3.05) is 26.2 Å². The Morgan fingerprint density at radius 1 is 1.00 bits per heavy atom. The van der Waals surface area contributed by atoms with Crippen LogP contribution in [0.3, 0.4) is 0 Å². The van der Waals surface area contributed by atoms with Gasteiger partial charge in [-0.25, -0.2) is 9.59 Å². The summed E-state index contributed by atoms with van der Waals surface area (Å²) in [7, 11) is 0. The molecule has 3 fully saturated rings. The Kier molecular flexibility index (Phi) is 6.27. The number of hydrogen-bond donors (Lipinski definition) is 2. The number of carboxylic acids is 1. The molecule has 0 aromatic carbocycles. The maximum atomic E-state index is 12.9. The zero-order chi connectivity index (χ0) is 19.4. The zero-order valence-corrected chi connectivity index (χ0v) is 16.4. The van der Waals surface area contributed by atoms with Crippen LogP contribution < -0.4 is 5.32 Å². The van der Waals surface area contributed by atoms with Gasteiger partial charge in [-0.2, -0.15) is 0 Å². The van der Waals surface area contributed by atoms with Crippen molar-refractivity contribution in [2.24, 2.45) is 11.8 Å². The van der Waals surface area contributed by atoms with Gasteiger partial charge in [0.25, 0.3) is 0 Å². The molecule has 7 heteroatoms. The van der Waals surface area contributed by atoms with Gasteiger partial charge in [-0.15, -0.1) is 0 Å². The first kappa shape index (κ1) is 20.0. The van der Waals surface area contributed by atoms with Crippen LogP contribution in [0.5, 0.6) is 0 Å². The molecule has 0 radical (unpaired) electrons. The van der Waals surface area contributed by atoms with Crippen LogP contribution in [0.4, 0.5) is 4.79 Å². The number of aliphatic carboxylic acids is 1. The first-order valence-corrected chi connectivity index (χ1v) is 10.5. The van der Waals surface area contributed by atoms with E-state index >= 15 is 0 Å². The van der Waals surface area contributed by atoms with Crippen molar-refractivity contribution in [1.29, 1.82) is 0 Å². The summed E-state index contributed by atoms with van der Waals surface area (Å²) in [5.41, 5.74) is -1.13. The molecule has 2 N–H and O–H groups in total. The fraction of sp³-hybridized carbons (Fsp3) is 0.850. The number of amides is 3. The molecule has 2 saturated heterocycles. The van der Waals surface area contributed by atoms with Gasteiger partial charge in [0.2, 0.25) is 5.91 Å². The summed E-state index contributed by atoms with van der Waals surface area (Å²) in [5, 5.41) is 12.7. The summed E-state index contributed by atoms with van der Waals surface area (Å²) in [6, 6.07) is 0.0291. The summed E-state index contributed by atoms with van der Waals surface area (Å²) < 4.78 is 0. The van der Waals surface area contributed by atoms with E-state index in [1.54, 1.807) is 4.90 Å². The van der Waals surface area contributed by atoms with Crippen molar-refractivity contribution in [2.45, 2.75) is 70.3 Å². The Labute approximate surface area is 161 Å². The number of carbonyl (C=O) groups is 3. The lowest BCUT2D eigenvalue weighted by Crippen LogP contribution is -2.59. The number of nitrogens with zero attached hydrogens (tertiary/aromatic N) is 2. The van der Waals surface area contributed by atoms with Crippen molar-refractivity contribution in [3.63, 3.8) is 0 Å². The summed E-state index contributed by atoms with van der Waals surface area (Å²) in [5.74, 6) is -0.888. The van der Waals surface area contributed by atoms with Crippen molar-refractivity contribution >= 4 is 17.9 Å². The van der Waals surface area contributed by atoms with Crippen molar-refractivity contribution < 1.29 is 19.5 Å². The lowest BCUT2D eigenvalue weighted by molar-refractivity contribution is -0.150. The van der Waals surface area contributed by atoms with E-state index in [4.69, 9.17) is 0 Å². The minimum Gasteiger partial charge on any atom is -0.480 e. The van der Waals surface area contributed by atoms with E-state index in [2.05, 4.69) is 12.2 Å². The van der Waals surface area contributed by atoms with E-state index in [0.29, 0.717) is 38.3 Å². The summed E-state index contributed by atoms with van der Waals surface area (Å²) >= 11 is 0. The highest BCUT2D eigenvalue weighted by Crippen LogP contribution is 2.34. The third kappa shape index (κ3) is 4.38. The molecule has 3 aliphatic rings. The van der Waals surface area contributed by atoms with E-state index in [-0.39, 0.29) is 17.9 Å². The monoisotopic (exact) mass is 379 g/mol. The molecule has 3 rings (SSSR count). The molecule has 27 heavy (non-hydrogen) atoms. The van der Waals surface area contributed by atoms with E-state index < -0.39 is 11.5 Å². The average molecular weight is 380 g/mol. The van der Waals surface area contributed by atoms with Crippen molar-refractivity contribution in [1.82, 2.24) is 15.1 Å². The number of hydrogen-bond acceptors (Lipinski definition) is 3. The largest absolute Gasteiger partial charge is 0.480 e. The summed E-state index contributed by atoms with van der Waals surface area (Å²) in [4.78, 5) is 41.1. The molecule has 7 nitrogen and oxygen atoms in total. The third-order valence-electron chi connectivity index (χ3n) is 6.75. The number of piperidine rings is 1. The van der Waals surface area contributed by atoms with Crippen molar-refractivity contribution in [3.05, 3.63) is 0 Å². The Morgan fingerprint density at radius 2 is 1.63 bits per heavy atom. The van der Waals surface area contributed by atoms with Crippen molar-refractivity contribution in [3.8, 4) is 0 Å². The first-order valence-electron chi connectivity index (χ1n) is 10.5. The van der Waals surface area contributed by atoms with Gasteiger partial charge < -0.3 is 20.2 Å². The molecule has 2 heterocycles. The van der Waals surface area contributed by atoms with E-state index in [0.717, 1.165) is 51.6 Å². The molecule has 0 aromatic heterocycles. The van der Waals surface area contributed by atoms with Gasteiger partial charge in [-0.05, 0) is 57.3 Å². The molecule has 0 bridgehead atoms. The van der Waals surface area contributed by atoms with Gasteiger partial charge in [0.1, 0.15) is 5.54 Å². The molecule has 1 atom stereocenters. The van der Waals surface area contributed by atoms with Gasteiger partial charge in [0.15, 0.2) is 0 Å². The third-order valence-corrected chi connectivity index (χ3v) is 6.75. The Balaban J connectivity index is 1.60. The molecule has 1 unspecified atom stereocenters. The Bertz CT molecular complexity index is 566. The van der Waals surface area contributed by atoms with Crippen LogP contribution in [0.15, 0.2) is 0 Å². The highest BCUT2D eigenvalue weighted by Gasteiger charge is 2.44. The van der Waals surface area contributed by atoms with Crippen LogP contribution in [0, 0.1) is 11.8 Å². The first-order chi connectivity index (χ1) is 12.9. The second kappa shape index (κ2) is 8.48. The van der Waals surface area contributed by atoms with E-state index in [9.17, 15) is 19.5 Å². The number of rotatable bonds is 4. The van der Waals surface area contributed by atoms with Crippen LogP contribution in [0.1, 0.15) is 64.7 Å². The fourth-order valence-electron chi connectivity index (χ4n) is 4.78. The van der Waals surface area contributed by atoms with Gasteiger partial charge in [0.05, 0.1) is 5.92 Å². The van der Waals surface area contributed by atoms with Crippen LogP contribution in [-0.4, -0.2) is 64.5 Å². The Morgan fingerprint density at radius 3 is 2.22 bits per heavy atom. The topological polar surface area (TPSA) is 90.0 Å². The Hall–Kier alpha value is -1.79. The molecular formula is C20H33N3O4. The minimum absolute atomic E-state index is 0.0291. The zero-order valence-electron chi connectivity index (χ0n) is 16.4. The number of carboxylic acid groups (broad SMARTS) is 1. The second-order valence-electron chi connectivity index (χ2n) is 8.49. The number of carbonyl (C=O) groups excluding carboxylic acids is 2. The summed E-state index contributed by atoms with van der Waals surface area (Å²) in [6.07, 6.45) is 7.32. The lowest BCUT2D eigenvalue weighted by Gasteiger charge is -2.40. The fourth-order valence-corrected chi connectivity index (χ4v) is 4.78. The smallest absolute Gasteiger partial charge is 0.329 e. The van der Waals surface area contributed by atoms with Crippen LogP contribution in [0.2, 0.25) is 0 Å². The number of likely N-dealkylation sites (tertiary alicyclic amines) is 2. The predicted molar refractivity (Wildman–Crippen MR) is 101 cm³/mol. The average Bonchev–Trinajstić information content (AvgIpc) is 3.22. The highest BCUT2D eigenvalue weighted by molar-refractivity contribution is 5.88. The minimum atomic E-state index is -1.13. The molecule has 0 spiro atoms. The summed E-state index contributed by atoms with van der Waals surface area (Å²) in [6.45, 7) is 4.81. The quantitative estimate of drug-likeness (QED) is 0.785. The maximum Gasteiger partial charge on any atom is 0.329 e. The van der Waals surface area contributed by atoms with Crippen LogP contribution >= 0.6 is 0 Å². The van der Waals surface area contributed by atoms with Gasteiger partial charge >= 0.3 is 12.0 Å². The molecule has 3 amide bonds. The van der Waals surface area contributed by atoms with Gasteiger partial charge in [0, 0.05) is 26.2 Å². The molecule has 2 aliphatic heterocycles. The van der Waals surface area contributed by atoms with Gasteiger partial charge in [-0.1, -0.05) is 13.3 Å². The molecule has 1 aliphatic carbocycles. The molecule has 152 valence electrons. The van der Waals surface area contributed by atoms with Gasteiger partial charge in [-0.3, -0.25) is 4.79 Å². The number of urea groups is 1. The second-order valence-corrected chi connectivity index (χ2v) is 8.49. The maximum absolute atomic E-state index is 12.9. The molecule has 0 aromatic rings. The van der Waals surface area contributed by atoms with Crippen LogP contribution in [0.25, 0.3) is 0 Å². The lowest BCUT2D eigenvalue weighted by atomic mass is 9.75. The standard InChI is InChI=1S/C20H33N3O4/c1-2-15-7-9-20(10-8-15,18(25)26)21-17(24)16-6-5-13-23(14-16)19(27)22-11-3-4-12-22/h15-16H,2-14H2,1H3,(H,21,24)(H,25,26). The molecule has 1 saturated carbocycles. The van der Waals surface area contributed by atoms with E-state index in [1.165, 1.54) is 0 Å². The predicted octanol–water partition coefficient (Wildman–Crippen LogP) is 2.45. The normalized spacial score (nSPS) is 31.6. The molecular weight excluding hydrogens is 346 g/mol.